The molecule has 0 aliphatic carbocycles. The zero-order valence-electron chi connectivity index (χ0n) is 12.6. The number of halogens is 1. The van der Waals surface area contributed by atoms with E-state index in [0.717, 1.165) is 42.8 Å². The SMILES string of the molecule is CCC1(C(=O)Nc2ccc(-c3ccn[nH]3)cc2)CCCN1.Cl. The van der Waals surface area contributed by atoms with E-state index in [1.54, 1.807) is 6.20 Å². The molecule has 6 heteroatoms. The molecule has 3 rings (SSSR count). The van der Waals surface area contributed by atoms with Crippen LogP contribution < -0.4 is 10.6 Å². The molecule has 1 aliphatic rings. The number of aromatic amines is 1. The van der Waals surface area contributed by atoms with Crippen LogP contribution in [0.3, 0.4) is 0 Å². The predicted octanol–water partition coefficient (Wildman–Crippen LogP) is 2.97. The number of anilines is 1. The monoisotopic (exact) mass is 320 g/mol. The summed E-state index contributed by atoms with van der Waals surface area (Å²) in [4.78, 5) is 12.5. The Balaban J connectivity index is 0.00000176. The van der Waals surface area contributed by atoms with E-state index in [4.69, 9.17) is 0 Å². The van der Waals surface area contributed by atoms with Gasteiger partial charge in [0.05, 0.1) is 11.2 Å². The fraction of sp³-hybridized carbons (Fsp3) is 0.375. The molecule has 0 bridgehead atoms. The minimum atomic E-state index is -0.401. The lowest BCUT2D eigenvalue weighted by molar-refractivity contribution is -0.122. The summed E-state index contributed by atoms with van der Waals surface area (Å²) in [6.07, 6.45) is 4.49. The highest BCUT2D eigenvalue weighted by Crippen LogP contribution is 2.25. The molecule has 2 heterocycles. The molecule has 1 unspecified atom stereocenters. The van der Waals surface area contributed by atoms with Gasteiger partial charge in [0.15, 0.2) is 0 Å². The number of hydrogen-bond acceptors (Lipinski definition) is 3. The second kappa shape index (κ2) is 6.94. The molecule has 0 spiro atoms. The minimum absolute atomic E-state index is 0. The van der Waals surface area contributed by atoms with Gasteiger partial charge in [0.25, 0.3) is 0 Å². The van der Waals surface area contributed by atoms with Crippen molar-refractivity contribution in [2.75, 3.05) is 11.9 Å². The lowest BCUT2D eigenvalue weighted by Crippen LogP contribution is -2.50. The molecule has 1 fully saturated rings. The highest BCUT2D eigenvalue weighted by molar-refractivity contribution is 5.98. The fourth-order valence-corrected chi connectivity index (χ4v) is 2.86. The summed E-state index contributed by atoms with van der Waals surface area (Å²) >= 11 is 0. The Morgan fingerprint density at radius 2 is 2.09 bits per heavy atom. The van der Waals surface area contributed by atoms with Crippen molar-refractivity contribution in [3.8, 4) is 11.3 Å². The van der Waals surface area contributed by atoms with Crippen molar-refractivity contribution < 1.29 is 4.79 Å². The van der Waals surface area contributed by atoms with Gasteiger partial charge in [-0.25, -0.2) is 0 Å². The van der Waals surface area contributed by atoms with Gasteiger partial charge in [-0.1, -0.05) is 19.1 Å². The van der Waals surface area contributed by atoms with Gasteiger partial charge >= 0.3 is 0 Å². The van der Waals surface area contributed by atoms with Crippen LogP contribution in [0.4, 0.5) is 5.69 Å². The lowest BCUT2D eigenvalue weighted by Gasteiger charge is -2.26. The second-order valence-electron chi connectivity index (χ2n) is 5.47. The summed E-state index contributed by atoms with van der Waals surface area (Å²) in [6, 6.07) is 9.72. The third-order valence-corrected chi connectivity index (χ3v) is 4.24. The zero-order valence-corrected chi connectivity index (χ0v) is 13.4. The second-order valence-corrected chi connectivity index (χ2v) is 5.47. The first-order chi connectivity index (χ1) is 10.2. The van der Waals surface area contributed by atoms with E-state index in [1.807, 2.05) is 30.3 Å². The summed E-state index contributed by atoms with van der Waals surface area (Å²) < 4.78 is 0. The molecule has 1 aromatic carbocycles. The number of benzene rings is 1. The highest BCUT2D eigenvalue weighted by atomic mass is 35.5. The molecule has 1 aromatic heterocycles. The number of aromatic nitrogens is 2. The van der Waals surface area contributed by atoms with Crippen molar-refractivity contribution in [3.63, 3.8) is 0 Å². The molecule has 22 heavy (non-hydrogen) atoms. The Labute approximate surface area is 136 Å². The van der Waals surface area contributed by atoms with Crippen molar-refractivity contribution in [1.29, 1.82) is 0 Å². The summed E-state index contributed by atoms with van der Waals surface area (Å²) in [5, 5.41) is 13.2. The largest absolute Gasteiger partial charge is 0.324 e. The smallest absolute Gasteiger partial charge is 0.244 e. The molecule has 5 nitrogen and oxygen atoms in total. The fourth-order valence-electron chi connectivity index (χ4n) is 2.86. The van der Waals surface area contributed by atoms with E-state index in [-0.39, 0.29) is 18.3 Å². The van der Waals surface area contributed by atoms with E-state index < -0.39 is 5.54 Å². The van der Waals surface area contributed by atoms with Gasteiger partial charge in [-0.2, -0.15) is 5.10 Å². The van der Waals surface area contributed by atoms with Crippen LogP contribution in [0.25, 0.3) is 11.3 Å². The Morgan fingerprint density at radius 1 is 1.32 bits per heavy atom. The predicted molar refractivity (Wildman–Crippen MR) is 90.2 cm³/mol. The third-order valence-electron chi connectivity index (χ3n) is 4.24. The standard InChI is InChI=1S/C16H20N4O.ClH/c1-2-16(9-3-10-17-16)15(21)19-13-6-4-12(5-7-13)14-8-11-18-20-14;/h4-8,11,17H,2-3,9-10H2,1H3,(H,18,20)(H,19,21);1H. The van der Waals surface area contributed by atoms with Crippen LogP contribution in [0.15, 0.2) is 36.5 Å². The number of nitrogens with zero attached hydrogens (tertiary/aromatic N) is 1. The minimum Gasteiger partial charge on any atom is -0.324 e. The van der Waals surface area contributed by atoms with Gasteiger partial charge < -0.3 is 10.6 Å². The molecule has 118 valence electrons. The van der Waals surface area contributed by atoms with E-state index >= 15 is 0 Å². The van der Waals surface area contributed by atoms with Crippen molar-refractivity contribution >= 4 is 24.0 Å². The lowest BCUT2D eigenvalue weighted by atomic mass is 9.93. The molecule has 0 radical (unpaired) electrons. The Hall–Kier alpha value is -1.85. The average Bonchev–Trinajstić information content (AvgIpc) is 3.20. The van der Waals surface area contributed by atoms with Gasteiger partial charge in [0.2, 0.25) is 5.91 Å². The molecule has 2 aromatic rings. The zero-order chi connectivity index (χ0) is 14.7. The number of amides is 1. The molecule has 1 aliphatic heterocycles. The number of carbonyl (C=O) groups is 1. The Kier molecular flexibility index (Phi) is 5.21. The van der Waals surface area contributed by atoms with Crippen LogP contribution >= 0.6 is 12.4 Å². The number of H-pyrrole nitrogens is 1. The Bertz CT molecular complexity index is 604. The molecular formula is C16H21ClN4O. The van der Waals surface area contributed by atoms with Crippen LogP contribution in [0.2, 0.25) is 0 Å². The van der Waals surface area contributed by atoms with Crippen molar-refractivity contribution in [1.82, 2.24) is 15.5 Å². The highest BCUT2D eigenvalue weighted by Gasteiger charge is 2.38. The van der Waals surface area contributed by atoms with Crippen LogP contribution in [-0.4, -0.2) is 28.2 Å². The molecule has 1 saturated heterocycles. The summed E-state index contributed by atoms with van der Waals surface area (Å²) in [7, 11) is 0. The van der Waals surface area contributed by atoms with E-state index in [9.17, 15) is 4.79 Å². The first-order valence-electron chi connectivity index (χ1n) is 7.40. The number of rotatable bonds is 4. The first-order valence-corrected chi connectivity index (χ1v) is 7.40. The van der Waals surface area contributed by atoms with Crippen LogP contribution in [0.1, 0.15) is 26.2 Å². The topological polar surface area (TPSA) is 69.8 Å². The molecule has 0 saturated carbocycles. The molecule has 3 N–H and O–H groups in total. The van der Waals surface area contributed by atoms with Gasteiger partial charge in [0, 0.05) is 11.9 Å². The third kappa shape index (κ3) is 3.15. The summed E-state index contributed by atoms with van der Waals surface area (Å²) in [5.74, 6) is 0.0665. The van der Waals surface area contributed by atoms with Crippen molar-refractivity contribution in [2.45, 2.75) is 31.7 Å². The van der Waals surface area contributed by atoms with Crippen LogP contribution in [0, 0.1) is 0 Å². The summed E-state index contributed by atoms with van der Waals surface area (Å²) in [5.41, 5.74) is 2.44. The van der Waals surface area contributed by atoms with Crippen LogP contribution in [0.5, 0.6) is 0 Å². The number of nitrogens with one attached hydrogen (secondary N) is 3. The maximum atomic E-state index is 12.5. The van der Waals surface area contributed by atoms with Crippen molar-refractivity contribution in [3.05, 3.63) is 36.5 Å². The van der Waals surface area contributed by atoms with E-state index in [1.165, 1.54) is 0 Å². The van der Waals surface area contributed by atoms with Crippen LogP contribution in [-0.2, 0) is 4.79 Å². The van der Waals surface area contributed by atoms with E-state index in [0.29, 0.717) is 0 Å². The normalized spacial score (nSPS) is 20.4. The van der Waals surface area contributed by atoms with Crippen molar-refractivity contribution in [2.24, 2.45) is 0 Å². The molecular weight excluding hydrogens is 300 g/mol. The van der Waals surface area contributed by atoms with E-state index in [2.05, 4.69) is 27.8 Å². The average molecular weight is 321 g/mol. The maximum absolute atomic E-state index is 12.5. The first kappa shape index (κ1) is 16.5. The quantitative estimate of drug-likeness (QED) is 0.811. The van der Waals surface area contributed by atoms with Gasteiger partial charge in [-0.3, -0.25) is 9.89 Å². The maximum Gasteiger partial charge on any atom is 0.244 e. The molecule has 1 amide bonds. The number of carbonyl (C=O) groups excluding carboxylic acids is 1. The Morgan fingerprint density at radius 3 is 2.64 bits per heavy atom. The summed E-state index contributed by atoms with van der Waals surface area (Å²) in [6.45, 7) is 2.97. The number of hydrogen-bond donors (Lipinski definition) is 3. The van der Waals surface area contributed by atoms with Gasteiger partial charge in [-0.15, -0.1) is 12.4 Å². The molecule has 1 atom stereocenters. The van der Waals surface area contributed by atoms with Gasteiger partial charge in [-0.05, 0) is 49.6 Å². The van der Waals surface area contributed by atoms with Gasteiger partial charge in [0.1, 0.15) is 0 Å².